The summed E-state index contributed by atoms with van der Waals surface area (Å²) < 4.78 is 5.42. The lowest BCUT2D eigenvalue weighted by Crippen LogP contribution is -1.90. The number of hydrogen-bond donors (Lipinski definition) is 0. The van der Waals surface area contributed by atoms with E-state index in [-0.39, 0.29) is 0 Å². The normalized spacial score (nSPS) is 10.9. The Kier molecular flexibility index (Phi) is 3.71. The molecule has 84 valence electrons. The van der Waals surface area contributed by atoms with Crippen LogP contribution < -0.4 is 4.74 Å². The van der Waals surface area contributed by atoms with Crippen LogP contribution in [0.4, 0.5) is 0 Å². The predicted octanol–water partition coefficient (Wildman–Crippen LogP) is 3.31. The van der Waals surface area contributed by atoms with Gasteiger partial charge in [0.15, 0.2) is 6.29 Å². The van der Waals surface area contributed by atoms with Crippen LogP contribution in [0.1, 0.15) is 5.56 Å². The van der Waals surface area contributed by atoms with E-state index in [0.717, 1.165) is 11.8 Å². The van der Waals surface area contributed by atoms with Crippen molar-refractivity contribution in [2.75, 3.05) is 0 Å². The van der Waals surface area contributed by atoms with E-state index in [1.54, 1.807) is 0 Å². The van der Waals surface area contributed by atoms with Crippen molar-refractivity contribution in [3.63, 3.8) is 0 Å². The van der Waals surface area contributed by atoms with Gasteiger partial charge in [0.1, 0.15) is 12.0 Å². The van der Waals surface area contributed by atoms with Gasteiger partial charge in [0.2, 0.25) is 0 Å². The van der Waals surface area contributed by atoms with E-state index in [1.165, 1.54) is 6.26 Å². The van der Waals surface area contributed by atoms with E-state index in [0.29, 0.717) is 11.3 Å². The summed E-state index contributed by atoms with van der Waals surface area (Å²) in [6.45, 7) is 0. The number of allylic oxidation sites excluding steroid dienone is 1. The summed E-state index contributed by atoms with van der Waals surface area (Å²) in [5.41, 5.74) is 1.37. The molecule has 0 saturated heterocycles. The van der Waals surface area contributed by atoms with Crippen molar-refractivity contribution in [1.82, 2.24) is 0 Å². The van der Waals surface area contributed by atoms with Crippen molar-refractivity contribution in [2.45, 2.75) is 0 Å². The van der Waals surface area contributed by atoms with Gasteiger partial charge in [-0.25, -0.2) is 0 Å². The maximum absolute atomic E-state index is 11.0. The van der Waals surface area contributed by atoms with Gasteiger partial charge in [0, 0.05) is 0 Å². The van der Waals surface area contributed by atoms with E-state index in [2.05, 4.69) is 0 Å². The molecule has 0 bridgehead atoms. The van der Waals surface area contributed by atoms with Crippen LogP contribution in [0, 0.1) is 0 Å². The maximum Gasteiger partial charge on any atom is 0.153 e. The average molecular weight is 224 g/mol. The Morgan fingerprint density at radius 1 is 0.882 bits per heavy atom. The van der Waals surface area contributed by atoms with Crippen LogP contribution in [0.3, 0.4) is 0 Å². The Morgan fingerprint density at radius 2 is 1.47 bits per heavy atom. The minimum Gasteiger partial charge on any atom is -0.464 e. The number of ether oxygens (including phenoxy) is 1. The second kappa shape index (κ2) is 5.66. The molecule has 0 N–H and O–H groups in total. The Balaban J connectivity index is 2.17. The monoisotopic (exact) mass is 224 g/mol. The van der Waals surface area contributed by atoms with E-state index in [1.807, 2.05) is 60.7 Å². The molecule has 0 aliphatic rings. The summed E-state index contributed by atoms with van der Waals surface area (Å²) in [7, 11) is 0. The van der Waals surface area contributed by atoms with Crippen LogP contribution in [-0.4, -0.2) is 6.29 Å². The molecule has 0 spiro atoms. The van der Waals surface area contributed by atoms with Crippen LogP contribution in [0.25, 0.3) is 5.57 Å². The smallest absolute Gasteiger partial charge is 0.153 e. The molecule has 2 nitrogen and oxygen atoms in total. The van der Waals surface area contributed by atoms with Crippen LogP contribution in [0.15, 0.2) is 66.9 Å². The molecule has 2 rings (SSSR count). The lowest BCUT2D eigenvalue weighted by Gasteiger charge is -2.02. The molecule has 0 atom stereocenters. The first-order valence-electron chi connectivity index (χ1n) is 5.32. The molecule has 0 aliphatic carbocycles. The summed E-state index contributed by atoms with van der Waals surface area (Å²) in [5.74, 6) is 0.711. The fourth-order valence-corrected chi connectivity index (χ4v) is 1.43. The Hall–Kier alpha value is -2.35. The minimum atomic E-state index is 0.523. The van der Waals surface area contributed by atoms with Crippen molar-refractivity contribution in [3.05, 3.63) is 72.5 Å². The van der Waals surface area contributed by atoms with Gasteiger partial charge in [0.05, 0.1) is 5.57 Å². The quantitative estimate of drug-likeness (QED) is 0.452. The van der Waals surface area contributed by atoms with Gasteiger partial charge in [-0.15, -0.1) is 0 Å². The van der Waals surface area contributed by atoms with Crippen molar-refractivity contribution in [2.24, 2.45) is 0 Å². The summed E-state index contributed by atoms with van der Waals surface area (Å²) in [6.07, 6.45) is 2.26. The first-order valence-corrected chi connectivity index (χ1v) is 5.32. The third kappa shape index (κ3) is 3.05. The largest absolute Gasteiger partial charge is 0.464 e. The molecule has 0 fully saturated rings. The molecule has 0 aliphatic heterocycles. The summed E-state index contributed by atoms with van der Waals surface area (Å²) in [4.78, 5) is 11.0. The SMILES string of the molecule is O=CC(=COc1ccccc1)c1ccccc1. The second-order valence-corrected chi connectivity index (χ2v) is 3.49. The molecule has 0 saturated carbocycles. The number of rotatable bonds is 4. The van der Waals surface area contributed by atoms with E-state index in [4.69, 9.17) is 4.74 Å². The standard InChI is InChI=1S/C15H12O2/c16-11-14(13-7-3-1-4-8-13)12-17-15-9-5-2-6-10-15/h1-12H. The molecule has 0 radical (unpaired) electrons. The van der Waals surface area contributed by atoms with Gasteiger partial charge in [-0.1, -0.05) is 48.5 Å². The molecular formula is C15H12O2. The summed E-state index contributed by atoms with van der Waals surface area (Å²) in [5, 5.41) is 0. The lowest BCUT2D eigenvalue weighted by molar-refractivity contribution is -0.103. The third-order valence-electron chi connectivity index (χ3n) is 2.30. The number of aldehydes is 1. The molecular weight excluding hydrogens is 212 g/mol. The second-order valence-electron chi connectivity index (χ2n) is 3.49. The van der Waals surface area contributed by atoms with Gasteiger partial charge in [-0.2, -0.15) is 0 Å². The van der Waals surface area contributed by atoms with Crippen LogP contribution >= 0.6 is 0 Å². The number of hydrogen-bond acceptors (Lipinski definition) is 2. The Bertz CT molecular complexity index is 501. The van der Waals surface area contributed by atoms with Crippen molar-refractivity contribution < 1.29 is 9.53 Å². The highest BCUT2D eigenvalue weighted by Gasteiger charge is 1.99. The van der Waals surface area contributed by atoms with Crippen molar-refractivity contribution in [1.29, 1.82) is 0 Å². The minimum absolute atomic E-state index is 0.523. The third-order valence-corrected chi connectivity index (χ3v) is 2.30. The first-order chi connectivity index (χ1) is 8.40. The Labute approximate surface area is 100 Å². The average Bonchev–Trinajstić information content (AvgIpc) is 2.42. The molecule has 17 heavy (non-hydrogen) atoms. The first kappa shape index (κ1) is 11.1. The van der Waals surface area contributed by atoms with E-state index < -0.39 is 0 Å². The zero-order valence-corrected chi connectivity index (χ0v) is 9.24. The van der Waals surface area contributed by atoms with Crippen molar-refractivity contribution >= 4 is 11.9 Å². The molecule has 2 aromatic carbocycles. The van der Waals surface area contributed by atoms with Crippen molar-refractivity contribution in [3.8, 4) is 5.75 Å². The molecule has 0 unspecified atom stereocenters. The van der Waals surface area contributed by atoms with E-state index in [9.17, 15) is 4.79 Å². The maximum atomic E-state index is 11.0. The van der Waals surface area contributed by atoms with Gasteiger partial charge < -0.3 is 4.74 Å². The van der Waals surface area contributed by atoms with Crippen LogP contribution in [-0.2, 0) is 4.79 Å². The molecule has 0 heterocycles. The van der Waals surface area contributed by atoms with Crippen LogP contribution in [0.2, 0.25) is 0 Å². The number of carbonyl (C=O) groups excluding carboxylic acids is 1. The van der Waals surface area contributed by atoms with Gasteiger partial charge in [-0.3, -0.25) is 4.79 Å². The summed E-state index contributed by atoms with van der Waals surface area (Å²) >= 11 is 0. The zero-order valence-electron chi connectivity index (χ0n) is 9.24. The fraction of sp³-hybridized carbons (Fsp3) is 0. The fourth-order valence-electron chi connectivity index (χ4n) is 1.43. The van der Waals surface area contributed by atoms with Gasteiger partial charge in [0.25, 0.3) is 0 Å². The highest BCUT2D eigenvalue weighted by Crippen LogP contribution is 2.14. The van der Waals surface area contributed by atoms with Gasteiger partial charge in [-0.05, 0) is 17.7 Å². The highest BCUT2D eigenvalue weighted by molar-refractivity contribution is 6.06. The molecule has 2 aromatic rings. The zero-order chi connectivity index (χ0) is 11.9. The van der Waals surface area contributed by atoms with Gasteiger partial charge >= 0.3 is 0 Å². The topological polar surface area (TPSA) is 26.3 Å². The van der Waals surface area contributed by atoms with E-state index >= 15 is 0 Å². The number of benzene rings is 2. The van der Waals surface area contributed by atoms with Crippen LogP contribution in [0.5, 0.6) is 5.75 Å². The molecule has 0 amide bonds. The Morgan fingerprint density at radius 3 is 2.06 bits per heavy atom. The molecule has 0 aromatic heterocycles. The predicted molar refractivity (Wildman–Crippen MR) is 67.6 cm³/mol. The highest BCUT2D eigenvalue weighted by atomic mass is 16.5. The number of para-hydroxylation sites is 1. The number of carbonyl (C=O) groups is 1. The molecule has 2 heteroatoms. The summed E-state index contributed by atoms with van der Waals surface area (Å²) in [6, 6.07) is 18.8. The lowest BCUT2D eigenvalue weighted by atomic mass is 10.1.